The van der Waals surface area contributed by atoms with Gasteiger partial charge in [-0.1, -0.05) is 69.9 Å². The van der Waals surface area contributed by atoms with Crippen LogP contribution in [0.1, 0.15) is 90.4 Å². The fourth-order valence-electron chi connectivity index (χ4n) is 2.48. The van der Waals surface area contributed by atoms with E-state index in [1.54, 1.807) is 0 Å². The first-order chi connectivity index (χ1) is 10.8. The van der Waals surface area contributed by atoms with Gasteiger partial charge in [-0.05, 0) is 25.7 Å². The Labute approximate surface area is 137 Å². The summed E-state index contributed by atoms with van der Waals surface area (Å²) in [4.78, 5) is 10.6. The van der Waals surface area contributed by atoms with Crippen molar-refractivity contribution in [1.82, 2.24) is 0 Å². The number of hydrogen-bond acceptors (Lipinski definition) is 3. The standard InChI is InChI=1S/C19H36O3/c1-19(21)22-18-16-14-12-10-8-6-4-2-3-5-7-9-11-13-15-17-20/h11,13,20H,2-10,12,14-18H2,1H3/b13-11-. The number of ether oxygens (including phenoxy) is 1. The molecule has 130 valence electrons. The maximum atomic E-state index is 10.6. The molecule has 0 saturated heterocycles. The summed E-state index contributed by atoms with van der Waals surface area (Å²) in [5.41, 5.74) is 0. The number of hydrogen-bond donors (Lipinski definition) is 1. The van der Waals surface area contributed by atoms with Crippen LogP contribution in [0.3, 0.4) is 0 Å². The molecule has 0 amide bonds. The monoisotopic (exact) mass is 312 g/mol. The Morgan fingerprint density at radius 2 is 1.23 bits per heavy atom. The summed E-state index contributed by atoms with van der Waals surface area (Å²) in [5, 5.41) is 8.63. The van der Waals surface area contributed by atoms with Crippen LogP contribution in [-0.4, -0.2) is 24.3 Å². The Bertz CT molecular complexity index is 261. The summed E-state index contributed by atoms with van der Waals surface area (Å²) in [6.45, 7) is 2.32. The van der Waals surface area contributed by atoms with Crippen LogP contribution in [0.2, 0.25) is 0 Å². The van der Waals surface area contributed by atoms with Crippen molar-refractivity contribution in [3.05, 3.63) is 12.2 Å². The molecule has 0 spiro atoms. The normalized spacial score (nSPS) is 11.2. The van der Waals surface area contributed by atoms with Crippen LogP contribution in [0.4, 0.5) is 0 Å². The minimum Gasteiger partial charge on any atom is -0.466 e. The largest absolute Gasteiger partial charge is 0.466 e. The molecular formula is C19H36O3. The van der Waals surface area contributed by atoms with Crippen molar-refractivity contribution in [1.29, 1.82) is 0 Å². The predicted octanol–water partition coefficient (Wildman–Crippen LogP) is 5.17. The molecule has 0 atom stereocenters. The van der Waals surface area contributed by atoms with Gasteiger partial charge in [0.2, 0.25) is 0 Å². The van der Waals surface area contributed by atoms with Crippen LogP contribution in [0.15, 0.2) is 12.2 Å². The zero-order chi connectivity index (χ0) is 16.3. The third kappa shape index (κ3) is 19.2. The van der Waals surface area contributed by atoms with Gasteiger partial charge < -0.3 is 9.84 Å². The van der Waals surface area contributed by atoms with Crippen molar-refractivity contribution < 1.29 is 14.6 Å². The molecule has 1 N–H and O–H groups in total. The van der Waals surface area contributed by atoms with E-state index < -0.39 is 0 Å². The van der Waals surface area contributed by atoms with Crippen molar-refractivity contribution in [3.8, 4) is 0 Å². The van der Waals surface area contributed by atoms with Gasteiger partial charge >= 0.3 is 5.97 Å². The Kier molecular flexibility index (Phi) is 17.5. The molecule has 0 heterocycles. The van der Waals surface area contributed by atoms with E-state index in [4.69, 9.17) is 9.84 Å². The summed E-state index contributed by atoms with van der Waals surface area (Å²) in [7, 11) is 0. The van der Waals surface area contributed by atoms with E-state index in [1.807, 2.05) is 0 Å². The molecule has 0 aliphatic carbocycles. The van der Waals surface area contributed by atoms with Gasteiger partial charge in [-0.25, -0.2) is 0 Å². The molecule has 22 heavy (non-hydrogen) atoms. The molecule has 0 rings (SSSR count). The minimum absolute atomic E-state index is 0.166. The summed E-state index contributed by atoms with van der Waals surface area (Å²) in [6.07, 6.45) is 20.4. The molecule has 0 saturated carbocycles. The second kappa shape index (κ2) is 18.2. The van der Waals surface area contributed by atoms with Gasteiger partial charge in [-0.3, -0.25) is 4.79 Å². The first-order valence-corrected chi connectivity index (χ1v) is 9.16. The van der Waals surface area contributed by atoms with Crippen LogP contribution in [0.5, 0.6) is 0 Å². The van der Waals surface area contributed by atoms with Crippen molar-refractivity contribution in [2.75, 3.05) is 13.2 Å². The maximum Gasteiger partial charge on any atom is 0.302 e. The summed E-state index contributed by atoms with van der Waals surface area (Å²) >= 11 is 0. The molecule has 0 aromatic carbocycles. The van der Waals surface area contributed by atoms with Crippen LogP contribution < -0.4 is 0 Å². The lowest BCUT2D eigenvalue weighted by atomic mass is 10.1. The van der Waals surface area contributed by atoms with Gasteiger partial charge in [-0.15, -0.1) is 0 Å². The van der Waals surface area contributed by atoms with Gasteiger partial charge in [0.05, 0.1) is 6.61 Å². The molecule has 0 aliphatic heterocycles. The van der Waals surface area contributed by atoms with Crippen LogP contribution in [0.25, 0.3) is 0 Å². The van der Waals surface area contributed by atoms with Gasteiger partial charge in [0, 0.05) is 13.5 Å². The Hall–Kier alpha value is -0.830. The molecule has 3 heteroatoms. The predicted molar refractivity (Wildman–Crippen MR) is 92.9 cm³/mol. The lowest BCUT2D eigenvalue weighted by Gasteiger charge is -2.03. The summed E-state index contributed by atoms with van der Waals surface area (Å²) in [5.74, 6) is -0.166. The average Bonchev–Trinajstić information content (AvgIpc) is 2.50. The maximum absolute atomic E-state index is 10.6. The third-order valence-electron chi connectivity index (χ3n) is 3.78. The number of esters is 1. The zero-order valence-corrected chi connectivity index (χ0v) is 14.5. The molecule has 0 aromatic rings. The zero-order valence-electron chi connectivity index (χ0n) is 14.5. The van der Waals surface area contributed by atoms with Crippen LogP contribution in [-0.2, 0) is 9.53 Å². The second-order valence-electron chi connectivity index (χ2n) is 6.00. The number of carbonyl (C=O) groups is 1. The van der Waals surface area contributed by atoms with E-state index >= 15 is 0 Å². The molecule has 3 nitrogen and oxygen atoms in total. The number of unbranched alkanes of at least 4 members (excludes halogenated alkanes) is 11. The van der Waals surface area contributed by atoms with E-state index in [-0.39, 0.29) is 12.6 Å². The highest BCUT2D eigenvalue weighted by Gasteiger charge is 1.95. The Morgan fingerprint density at radius 3 is 1.73 bits per heavy atom. The Morgan fingerprint density at radius 1 is 0.773 bits per heavy atom. The van der Waals surface area contributed by atoms with Crippen molar-refractivity contribution in [2.45, 2.75) is 90.4 Å². The molecule has 0 bridgehead atoms. The smallest absolute Gasteiger partial charge is 0.302 e. The first kappa shape index (κ1) is 21.2. The van der Waals surface area contributed by atoms with E-state index in [1.165, 1.54) is 71.1 Å². The highest BCUT2D eigenvalue weighted by atomic mass is 16.5. The van der Waals surface area contributed by atoms with Gasteiger partial charge in [-0.2, -0.15) is 0 Å². The highest BCUT2D eigenvalue weighted by molar-refractivity contribution is 5.65. The molecule has 0 unspecified atom stereocenters. The fraction of sp³-hybridized carbons (Fsp3) is 0.842. The van der Waals surface area contributed by atoms with E-state index in [2.05, 4.69) is 12.2 Å². The minimum atomic E-state index is -0.166. The van der Waals surface area contributed by atoms with Gasteiger partial charge in [0.15, 0.2) is 0 Å². The van der Waals surface area contributed by atoms with Crippen molar-refractivity contribution in [3.63, 3.8) is 0 Å². The van der Waals surface area contributed by atoms with E-state index in [9.17, 15) is 4.79 Å². The van der Waals surface area contributed by atoms with Crippen molar-refractivity contribution in [2.24, 2.45) is 0 Å². The first-order valence-electron chi connectivity index (χ1n) is 9.16. The number of aliphatic hydroxyl groups excluding tert-OH is 1. The molecule has 0 fully saturated rings. The SMILES string of the molecule is CC(=O)OCCCCCCCCCCCCC/C=C\CCO. The highest BCUT2D eigenvalue weighted by Crippen LogP contribution is 2.12. The Balaban J connectivity index is 3.01. The van der Waals surface area contributed by atoms with E-state index in [0.717, 1.165) is 19.3 Å². The van der Waals surface area contributed by atoms with Crippen LogP contribution >= 0.6 is 0 Å². The van der Waals surface area contributed by atoms with Gasteiger partial charge in [0.25, 0.3) is 0 Å². The quantitative estimate of drug-likeness (QED) is 0.243. The van der Waals surface area contributed by atoms with Gasteiger partial charge in [0.1, 0.15) is 0 Å². The number of allylic oxidation sites excluding steroid dienone is 1. The number of carbonyl (C=O) groups excluding carboxylic acids is 1. The second-order valence-corrected chi connectivity index (χ2v) is 6.00. The molecule has 0 aromatic heterocycles. The topological polar surface area (TPSA) is 46.5 Å². The van der Waals surface area contributed by atoms with Crippen molar-refractivity contribution >= 4 is 5.97 Å². The number of rotatable bonds is 16. The van der Waals surface area contributed by atoms with Crippen LogP contribution in [0, 0.1) is 0 Å². The lowest BCUT2D eigenvalue weighted by Crippen LogP contribution is -2.00. The number of aliphatic hydroxyl groups is 1. The van der Waals surface area contributed by atoms with E-state index in [0.29, 0.717) is 6.61 Å². The average molecular weight is 312 g/mol. The summed E-state index contributed by atoms with van der Waals surface area (Å²) < 4.78 is 4.91. The fourth-order valence-corrected chi connectivity index (χ4v) is 2.48. The molecule has 0 radical (unpaired) electrons. The third-order valence-corrected chi connectivity index (χ3v) is 3.78. The molecule has 0 aliphatic rings. The summed E-state index contributed by atoms with van der Waals surface area (Å²) in [6, 6.07) is 0. The lowest BCUT2D eigenvalue weighted by molar-refractivity contribution is -0.141. The molecular weight excluding hydrogens is 276 g/mol.